The van der Waals surface area contributed by atoms with E-state index in [0.717, 1.165) is 22.6 Å². The van der Waals surface area contributed by atoms with Gasteiger partial charge in [0, 0.05) is 12.1 Å². The van der Waals surface area contributed by atoms with Crippen LogP contribution in [0.2, 0.25) is 0 Å². The van der Waals surface area contributed by atoms with Crippen LogP contribution in [0.4, 0.5) is 0 Å². The molecule has 0 aliphatic heterocycles. The van der Waals surface area contributed by atoms with Crippen molar-refractivity contribution in [3.63, 3.8) is 0 Å². The molecule has 1 N–H and O–H groups in total. The van der Waals surface area contributed by atoms with Gasteiger partial charge in [-0.25, -0.2) is 0 Å². The molecule has 29 heavy (non-hydrogen) atoms. The molecule has 0 aliphatic rings. The molecule has 7 nitrogen and oxygen atoms in total. The highest BCUT2D eigenvalue weighted by Gasteiger charge is 2.18. The average Bonchev–Trinajstić information content (AvgIpc) is 3.21. The molecule has 0 saturated carbocycles. The third-order valence-corrected chi connectivity index (χ3v) is 5.03. The van der Waals surface area contributed by atoms with Crippen molar-refractivity contribution < 1.29 is 18.7 Å². The van der Waals surface area contributed by atoms with E-state index in [0.29, 0.717) is 24.3 Å². The van der Waals surface area contributed by atoms with Crippen molar-refractivity contribution in [1.82, 2.24) is 15.5 Å². The van der Waals surface area contributed by atoms with Gasteiger partial charge >= 0.3 is 0 Å². The van der Waals surface area contributed by atoms with E-state index in [1.54, 1.807) is 14.0 Å². The van der Waals surface area contributed by atoms with Crippen LogP contribution in [0.5, 0.6) is 11.5 Å². The van der Waals surface area contributed by atoms with Crippen LogP contribution < -0.4 is 14.8 Å². The smallest absolute Gasteiger partial charge is 0.277 e. The largest absolute Gasteiger partial charge is 0.497 e. The molecule has 0 spiro atoms. The first-order valence-corrected chi connectivity index (χ1v) is 10.1. The number of ether oxygens (including phenoxy) is 2. The number of aromatic nitrogens is 2. The van der Waals surface area contributed by atoms with Gasteiger partial charge in [0.1, 0.15) is 11.5 Å². The second-order valence-corrected chi connectivity index (χ2v) is 7.45. The third kappa shape index (κ3) is 5.74. The predicted molar refractivity (Wildman–Crippen MR) is 111 cm³/mol. The predicted octanol–water partition coefficient (Wildman–Crippen LogP) is 3.94. The summed E-state index contributed by atoms with van der Waals surface area (Å²) in [6.45, 7) is 4.78. The molecule has 3 rings (SSSR count). The van der Waals surface area contributed by atoms with E-state index < -0.39 is 0 Å². The van der Waals surface area contributed by atoms with Crippen molar-refractivity contribution in [3.05, 3.63) is 54.1 Å². The highest BCUT2D eigenvalue weighted by Crippen LogP contribution is 2.27. The minimum absolute atomic E-state index is 0.105. The Morgan fingerprint density at radius 2 is 1.79 bits per heavy atom. The number of methoxy groups -OCH3 is 1. The van der Waals surface area contributed by atoms with E-state index in [1.165, 1.54) is 11.8 Å². The lowest BCUT2D eigenvalue weighted by molar-refractivity contribution is -0.120. The minimum atomic E-state index is -0.373. The third-order valence-electron chi connectivity index (χ3n) is 4.09. The van der Waals surface area contributed by atoms with Crippen molar-refractivity contribution in [2.75, 3.05) is 13.7 Å². The maximum Gasteiger partial charge on any atom is 0.277 e. The van der Waals surface area contributed by atoms with Gasteiger partial charge in [-0.1, -0.05) is 23.9 Å². The molecule has 3 aromatic rings. The van der Waals surface area contributed by atoms with E-state index >= 15 is 0 Å². The number of nitrogens with zero attached hydrogens (tertiary/aromatic N) is 2. The van der Waals surface area contributed by atoms with Crippen molar-refractivity contribution in [1.29, 1.82) is 0 Å². The number of carbonyl (C=O) groups is 1. The van der Waals surface area contributed by atoms with E-state index in [-0.39, 0.29) is 11.2 Å². The summed E-state index contributed by atoms with van der Waals surface area (Å²) >= 11 is 1.22. The molecule has 0 radical (unpaired) electrons. The SMILES string of the molecule is CCOc1ccc(-c2nnc(S[C@@H](C)C(=O)NCc3ccc(OC)cc3)o2)cc1. The molecule has 0 fully saturated rings. The number of nitrogens with one attached hydrogen (secondary N) is 1. The van der Waals surface area contributed by atoms with Crippen LogP contribution in [0, 0.1) is 0 Å². The van der Waals surface area contributed by atoms with Crippen molar-refractivity contribution in [3.8, 4) is 23.0 Å². The molecular weight excluding hydrogens is 390 g/mol. The molecule has 1 atom stereocenters. The van der Waals surface area contributed by atoms with Crippen LogP contribution in [0.1, 0.15) is 19.4 Å². The number of hydrogen-bond acceptors (Lipinski definition) is 7. The highest BCUT2D eigenvalue weighted by atomic mass is 32.2. The Kier molecular flexibility index (Phi) is 7.13. The number of benzene rings is 2. The quantitative estimate of drug-likeness (QED) is 0.532. The fraction of sp³-hybridized carbons (Fsp3) is 0.286. The Hall–Kier alpha value is -3.00. The molecule has 1 amide bonds. The molecule has 1 heterocycles. The van der Waals surface area contributed by atoms with Crippen LogP contribution >= 0.6 is 11.8 Å². The molecule has 1 aromatic heterocycles. The summed E-state index contributed by atoms with van der Waals surface area (Å²) in [5.41, 5.74) is 1.79. The first-order chi connectivity index (χ1) is 14.1. The van der Waals surface area contributed by atoms with Gasteiger partial charge in [-0.2, -0.15) is 0 Å². The van der Waals surface area contributed by atoms with Gasteiger partial charge in [0.15, 0.2) is 0 Å². The number of thioether (sulfide) groups is 1. The van der Waals surface area contributed by atoms with Crippen molar-refractivity contribution in [2.24, 2.45) is 0 Å². The summed E-state index contributed by atoms with van der Waals surface area (Å²) in [7, 11) is 1.62. The van der Waals surface area contributed by atoms with E-state index in [2.05, 4.69) is 15.5 Å². The van der Waals surface area contributed by atoms with Gasteiger partial charge in [-0.3, -0.25) is 4.79 Å². The van der Waals surface area contributed by atoms with E-state index in [1.807, 2.05) is 55.5 Å². The van der Waals surface area contributed by atoms with Gasteiger partial charge in [-0.15, -0.1) is 10.2 Å². The van der Waals surface area contributed by atoms with E-state index in [9.17, 15) is 4.79 Å². The molecule has 0 aliphatic carbocycles. The van der Waals surface area contributed by atoms with Crippen LogP contribution in [-0.4, -0.2) is 35.1 Å². The fourth-order valence-corrected chi connectivity index (χ4v) is 3.22. The molecule has 0 unspecified atom stereocenters. The topological polar surface area (TPSA) is 86.5 Å². The van der Waals surface area contributed by atoms with Gasteiger partial charge < -0.3 is 19.2 Å². The first-order valence-electron chi connectivity index (χ1n) is 9.23. The lowest BCUT2D eigenvalue weighted by atomic mass is 10.2. The van der Waals surface area contributed by atoms with Crippen LogP contribution in [0.3, 0.4) is 0 Å². The summed E-state index contributed by atoms with van der Waals surface area (Å²) in [6, 6.07) is 15.0. The first kappa shape index (κ1) is 20.7. The standard InChI is InChI=1S/C21H23N3O4S/c1-4-27-18-11-7-16(8-12-18)20-23-24-21(28-20)29-14(2)19(25)22-13-15-5-9-17(26-3)10-6-15/h5-12,14H,4,13H2,1-3H3,(H,22,25)/t14-/m0/s1. The monoisotopic (exact) mass is 413 g/mol. The Bertz CT molecular complexity index is 926. The Balaban J connectivity index is 1.53. The second-order valence-electron chi connectivity index (χ2n) is 6.16. The Morgan fingerprint density at radius 3 is 2.45 bits per heavy atom. The zero-order chi connectivity index (χ0) is 20.6. The zero-order valence-corrected chi connectivity index (χ0v) is 17.4. The van der Waals surface area contributed by atoms with Crippen molar-refractivity contribution >= 4 is 17.7 Å². The summed E-state index contributed by atoms with van der Waals surface area (Å²) in [4.78, 5) is 12.4. The maximum atomic E-state index is 12.4. The van der Waals surface area contributed by atoms with Gasteiger partial charge in [0.2, 0.25) is 11.8 Å². The molecule has 152 valence electrons. The Labute approximate surface area is 173 Å². The number of amides is 1. The minimum Gasteiger partial charge on any atom is -0.497 e. The lowest BCUT2D eigenvalue weighted by Crippen LogP contribution is -2.30. The van der Waals surface area contributed by atoms with Crippen LogP contribution in [-0.2, 0) is 11.3 Å². The molecule has 8 heteroatoms. The summed E-state index contributed by atoms with van der Waals surface area (Å²) in [5.74, 6) is 1.87. The number of hydrogen-bond donors (Lipinski definition) is 1. The summed E-state index contributed by atoms with van der Waals surface area (Å²) in [6.07, 6.45) is 0. The fourth-order valence-electron chi connectivity index (χ4n) is 2.52. The van der Waals surface area contributed by atoms with Crippen molar-refractivity contribution in [2.45, 2.75) is 30.9 Å². The van der Waals surface area contributed by atoms with Gasteiger partial charge in [0.05, 0.1) is 19.0 Å². The maximum absolute atomic E-state index is 12.4. The number of carbonyl (C=O) groups excluding carboxylic acids is 1. The number of rotatable bonds is 9. The van der Waals surface area contributed by atoms with Crippen LogP contribution in [0.15, 0.2) is 58.2 Å². The highest BCUT2D eigenvalue weighted by molar-refractivity contribution is 8.00. The molecule has 2 aromatic carbocycles. The van der Waals surface area contributed by atoms with Gasteiger partial charge in [-0.05, 0) is 55.8 Å². The molecule has 0 saturated heterocycles. The average molecular weight is 413 g/mol. The normalized spacial score (nSPS) is 11.7. The van der Waals surface area contributed by atoms with E-state index in [4.69, 9.17) is 13.9 Å². The van der Waals surface area contributed by atoms with Gasteiger partial charge in [0.25, 0.3) is 5.22 Å². The summed E-state index contributed by atoms with van der Waals surface area (Å²) in [5, 5.41) is 11.0. The van der Waals surface area contributed by atoms with Crippen LogP contribution in [0.25, 0.3) is 11.5 Å². The lowest BCUT2D eigenvalue weighted by Gasteiger charge is -2.10. The zero-order valence-electron chi connectivity index (χ0n) is 16.5. The second kappa shape index (κ2) is 9.97. The molecule has 0 bridgehead atoms. The Morgan fingerprint density at radius 1 is 1.10 bits per heavy atom. The summed E-state index contributed by atoms with van der Waals surface area (Å²) < 4.78 is 16.2. The molecular formula is C21H23N3O4S.